The minimum atomic E-state index is -2.68. The topological polar surface area (TPSA) is 25.8 Å². The molecular formula is C65H44N2Si2. The van der Waals surface area contributed by atoms with Crippen molar-refractivity contribution < 1.29 is 0 Å². The molecule has 14 rings (SSSR count). The minimum absolute atomic E-state index is 0.739. The molecule has 4 heteroatoms. The molecule has 0 saturated carbocycles. The lowest BCUT2D eigenvalue weighted by molar-refractivity contribution is 1.13. The lowest BCUT2D eigenvalue weighted by atomic mass is 9.94. The van der Waals surface area contributed by atoms with E-state index in [1.165, 1.54) is 91.6 Å². The zero-order valence-corrected chi connectivity index (χ0v) is 39.9. The Bertz CT molecular complexity index is 3720. The average molecular weight is 909 g/mol. The molecule has 10 aromatic carbocycles. The fourth-order valence-electron chi connectivity index (χ4n) is 12.5. The van der Waals surface area contributed by atoms with E-state index >= 15 is 0 Å². The van der Waals surface area contributed by atoms with Gasteiger partial charge in [0.05, 0.1) is 11.4 Å². The average Bonchev–Trinajstić information content (AvgIpc) is 4.06. The molecule has 2 aliphatic heterocycles. The molecule has 1 aliphatic carbocycles. The van der Waals surface area contributed by atoms with Crippen LogP contribution in [0.2, 0.25) is 0 Å². The van der Waals surface area contributed by atoms with E-state index in [0.717, 1.165) is 34.8 Å². The van der Waals surface area contributed by atoms with Crippen molar-refractivity contribution in [3.8, 4) is 67.3 Å². The van der Waals surface area contributed by atoms with Gasteiger partial charge >= 0.3 is 0 Å². The highest BCUT2D eigenvalue weighted by Crippen LogP contribution is 2.46. The summed E-state index contributed by atoms with van der Waals surface area (Å²) in [6, 6.07) is 95.3. The Morgan fingerprint density at radius 3 is 1.29 bits per heavy atom. The van der Waals surface area contributed by atoms with Crippen LogP contribution < -0.4 is 41.5 Å². The van der Waals surface area contributed by atoms with E-state index < -0.39 is 16.1 Å². The lowest BCUT2D eigenvalue weighted by Crippen LogP contribution is -2.72. The first kappa shape index (κ1) is 39.8. The highest BCUT2D eigenvalue weighted by molar-refractivity contribution is 7.23. The molecule has 3 heterocycles. The summed E-state index contributed by atoms with van der Waals surface area (Å²) in [5, 5.41) is 11.4. The second-order valence-electron chi connectivity index (χ2n) is 18.7. The van der Waals surface area contributed by atoms with Crippen LogP contribution in [0, 0.1) is 0 Å². The fraction of sp³-hybridized carbons (Fsp3) is 0.0154. The van der Waals surface area contributed by atoms with Crippen LogP contribution in [0.1, 0.15) is 11.1 Å². The maximum Gasteiger partial charge on any atom is 0.180 e. The van der Waals surface area contributed by atoms with Gasteiger partial charge in [0.1, 0.15) is 0 Å². The largest absolute Gasteiger partial charge is 0.228 e. The summed E-state index contributed by atoms with van der Waals surface area (Å²) in [5.74, 6) is 0.748. The van der Waals surface area contributed by atoms with Crippen LogP contribution in [0.5, 0.6) is 0 Å². The summed E-state index contributed by atoms with van der Waals surface area (Å²) in [4.78, 5) is 11.1. The quantitative estimate of drug-likeness (QED) is 0.149. The first-order valence-corrected chi connectivity index (χ1v) is 28.0. The molecule has 0 amide bonds. The Kier molecular flexibility index (Phi) is 9.03. The standard InChI is InChI=1S/C65H44N2Si2/c1-6-21-44(22-7-1)65-66-63(46-38-40-61-57(41-46)53-32-17-19-36-60(53)68(61,47-23-8-2-9-24-47)48-25-10-3-11-26-48)58-43-56-51(33-20-34-55(56)64(58)67-65)45-37-39-54-52-31-16-18-35-59(52)69(62(54)42-45,49-27-12-4-13-28-49)50-29-14-5-15-30-50/h1-42H,43H2. The monoisotopic (exact) mass is 908 g/mol. The smallest absolute Gasteiger partial charge is 0.180 e. The van der Waals surface area contributed by atoms with Crippen LogP contribution in [0.4, 0.5) is 0 Å². The molecule has 0 fully saturated rings. The zero-order valence-electron chi connectivity index (χ0n) is 37.9. The van der Waals surface area contributed by atoms with Crippen molar-refractivity contribution >= 4 is 57.6 Å². The maximum absolute atomic E-state index is 5.57. The van der Waals surface area contributed by atoms with E-state index in [2.05, 4.69) is 255 Å². The normalized spacial score (nSPS) is 14.0. The van der Waals surface area contributed by atoms with Gasteiger partial charge in [0.25, 0.3) is 0 Å². The molecular weight excluding hydrogens is 865 g/mol. The van der Waals surface area contributed by atoms with Crippen molar-refractivity contribution in [3.05, 3.63) is 266 Å². The number of hydrogen-bond donors (Lipinski definition) is 0. The number of fused-ring (bicyclic) bond motifs is 9. The second-order valence-corrected chi connectivity index (χ2v) is 26.1. The van der Waals surface area contributed by atoms with E-state index in [0.29, 0.717) is 0 Å². The fourth-order valence-corrected chi connectivity index (χ4v) is 22.9. The Balaban J connectivity index is 0.960. The van der Waals surface area contributed by atoms with Crippen molar-refractivity contribution in [2.75, 3.05) is 0 Å². The molecule has 11 aromatic rings. The Labute approximate surface area is 405 Å². The van der Waals surface area contributed by atoms with Gasteiger partial charge in [-0.05, 0) is 86.5 Å². The molecule has 2 nitrogen and oxygen atoms in total. The van der Waals surface area contributed by atoms with Crippen molar-refractivity contribution in [2.45, 2.75) is 6.42 Å². The van der Waals surface area contributed by atoms with Gasteiger partial charge in [0.15, 0.2) is 22.0 Å². The van der Waals surface area contributed by atoms with Crippen molar-refractivity contribution in [1.82, 2.24) is 9.97 Å². The van der Waals surface area contributed by atoms with E-state index in [-0.39, 0.29) is 0 Å². The highest BCUT2D eigenvalue weighted by atomic mass is 28.3. The Hall–Kier alpha value is -8.29. The summed E-state index contributed by atoms with van der Waals surface area (Å²) >= 11 is 0. The van der Waals surface area contributed by atoms with E-state index in [1.54, 1.807) is 0 Å². The van der Waals surface area contributed by atoms with Crippen LogP contribution in [0.15, 0.2) is 255 Å². The molecule has 322 valence electrons. The molecule has 0 radical (unpaired) electrons. The number of rotatable bonds is 7. The number of benzene rings is 10. The van der Waals surface area contributed by atoms with Gasteiger partial charge in [-0.2, -0.15) is 0 Å². The molecule has 3 aliphatic rings. The van der Waals surface area contributed by atoms with Gasteiger partial charge in [-0.1, -0.05) is 249 Å². The first-order chi connectivity index (χ1) is 34.2. The zero-order chi connectivity index (χ0) is 45.5. The van der Waals surface area contributed by atoms with Gasteiger partial charge in [-0.25, -0.2) is 9.97 Å². The predicted octanol–water partition coefficient (Wildman–Crippen LogP) is 9.76. The third kappa shape index (κ3) is 5.77. The Morgan fingerprint density at radius 2 is 0.696 bits per heavy atom. The van der Waals surface area contributed by atoms with Crippen LogP contribution in [0.25, 0.3) is 67.3 Å². The minimum Gasteiger partial charge on any atom is -0.228 e. The van der Waals surface area contributed by atoms with Gasteiger partial charge < -0.3 is 0 Å². The van der Waals surface area contributed by atoms with Crippen molar-refractivity contribution in [2.24, 2.45) is 0 Å². The number of hydrogen-bond acceptors (Lipinski definition) is 2. The number of nitrogens with zero attached hydrogens (tertiary/aromatic N) is 2. The van der Waals surface area contributed by atoms with Crippen LogP contribution in [-0.4, -0.2) is 26.1 Å². The van der Waals surface area contributed by atoms with Crippen LogP contribution in [-0.2, 0) is 6.42 Å². The molecule has 0 saturated heterocycles. The third-order valence-electron chi connectivity index (χ3n) is 15.3. The molecule has 0 N–H and O–H groups in total. The summed E-state index contributed by atoms with van der Waals surface area (Å²) in [6.07, 6.45) is 0.739. The third-order valence-corrected chi connectivity index (χ3v) is 25.1. The van der Waals surface area contributed by atoms with Gasteiger partial charge in [0, 0.05) is 28.7 Å². The molecule has 69 heavy (non-hydrogen) atoms. The van der Waals surface area contributed by atoms with Crippen molar-refractivity contribution in [1.29, 1.82) is 0 Å². The van der Waals surface area contributed by atoms with Crippen molar-refractivity contribution in [3.63, 3.8) is 0 Å². The Morgan fingerprint density at radius 1 is 0.261 bits per heavy atom. The molecule has 1 aromatic heterocycles. The van der Waals surface area contributed by atoms with Gasteiger partial charge in [0.2, 0.25) is 0 Å². The van der Waals surface area contributed by atoms with Crippen LogP contribution in [0.3, 0.4) is 0 Å². The summed E-state index contributed by atoms with van der Waals surface area (Å²) in [7, 11) is -5.33. The predicted molar refractivity (Wildman–Crippen MR) is 292 cm³/mol. The van der Waals surface area contributed by atoms with Gasteiger partial charge in [-0.3, -0.25) is 0 Å². The lowest BCUT2D eigenvalue weighted by Gasteiger charge is -2.31. The summed E-state index contributed by atoms with van der Waals surface area (Å²) < 4.78 is 0. The summed E-state index contributed by atoms with van der Waals surface area (Å²) in [6.45, 7) is 0. The SMILES string of the molecule is c1ccc(-c2nc(-c3ccc4c(c3)-c3ccccc3[Si]4(c3ccccc3)c3ccccc3)c3c(n2)-c2cccc(-c4ccc5c(c4)[Si](c4ccccc4)(c4ccccc4)c4ccccc4-5)c2C3)cc1. The molecule has 0 atom stereocenters. The molecule has 0 unspecified atom stereocenters. The second kappa shape index (κ2) is 15.6. The highest BCUT2D eigenvalue weighted by Gasteiger charge is 2.50. The van der Waals surface area contributed by atoms with E-state index in [4.69, 9.17) is 9.97 Å². The molecule has 0 spiro atoms. The van der Waals surface area contributed by atoms with E-state index in [9.17, 15) is 0 Å². The number of aromatic nitrogens is 2. The first-order valence-electron chi connectivity index (χ1n) is 24.0. The van der Waals surface area contributed by atoms with Gasteiger partial charge in [-0.15, -0.1) is 0 Å². The van der Waals surface area contributed by atoms with E-state index in [1.807, 2.05) is 0 Å². The maximum atomic E-state index is 5.57. The summed E-state index contributed by atoms with van der Waals surface area (Å²) in [5.41, 5.74) is 15.7. The molecule has 0 bridgehead atoms. The van der Waals surface area contributed by atoms with Crippen LogP contribution >= 0.6 is 0 Å².